The van der Waals surface area contributed by atoms with Gasteiger partial charge in [-0.15, -0.1) is 0 Å². The molecule has 3 amide bonds. The molecule has 0 fully saturated rings. The number of carboxylic acids is 1. The summed E-state index contributed by atoms with van der Waals surface area (Å²) in [5.41, 5.74) is 2.82. The molecule has 5 rings (SSSR count). The fourth-order valence-corrected chi connectivity index (χ4v) is 5.84. The number of aromatic nitrogens is 1. The minimum atomic E-state index is -1.37. The van der Waals surface area contributed by atoms with E-state index in [0.29, 0.717) is 45.8 Å². The van der Waals surface area contributed by atoms with E-state index in [1.54, 1.807) is 42.6 Å². The second-order valence-corrected chi connectivity index (χ2v) is 13.9. The lowest BCUT2D eigenvalue weighted by atomic mass is 9.86. The number of carbonyl (C=O) groups is 3. The number of ether oxygens (including phenoxy) is 3. The van der Waals surface area contributed by atoms with Crippen molar-refractivity contribution >= 4 is 68.2 Å². The van der Waals surface area contributed by atoms with Gasteiger partial charge in [0.2, 0.25) is 0 Å². The van der Waals surface area contributed by atoms with Crippen molar-refractivity contribution in [3.8, 4) is 23.0 Å². The van der Waals surface area contributed by atoms with Gasteiger partial charge >= 0.3 is 12.0 Å². The van der Waals surface area contributed by atoms with Gasteiger partial charge in [0.25, 0.3) is 5.91 Å². The van der Waals surface area contributed by atoms with Crippen LogP contribution in [0.4, 0.5) is 33.4 Å². The summed E-state index contributed by atoms with van der Waals surface area (Å²) in [6, 6.07) is 22.3. The van der Waals surface area contributed by atoms with Crippen LogP contribution < -0.4 is 40.2 Å². The lowest BCUT2D eigenvalue weighted by Gasteiger charge is -2.24. The van der Waals surface area contributed by atoms with Crippen LogP contribution in [0.1, 0.15) is 36.7 Å². The van der Waals surface area contributed by atoms with E-state index in [-0.39, 0.29) is 16.7 Å². The van der Waals surface area contributed by atoms with Crippen LogP contribution >= 0.6 is 0 Å². The molecule has 0 saturated carbocycles. The van der Waals surface area contributed by atoms with Gasteiger partial charge in [-0.25, -0.2) is 14.0 Å². The fraction of sp³-hybridized carbons (Fsp3) is 0.211. The highest BCUT2D eigenvalue weighted by Crippen LogP contribution is 2.40. The number of carbonyl (C=O) groups excluding carboxylic acids is 2. The minimum absolute atomic E-state index is 0.179. The summed E-state index contributed by atoms with van der Waals surface area (Å²) in [7, 11) is 1.52. The number of aliphatic carboxylic acids is 1. The van der Waals surface area contributed by atoms with E-state index in [4.69, 9.17) is 19.3 Å². The monoisotopic (exact) mass is 740 g/mol. The summed E-state index contributed by atoms with van der Waals surface area (Å²) in [5.74, 6) is 0.306. The Morgan fingerprint density at radius 2 is 1.55 bits per heavy atom. The maximum atomic E-state index is 13.4. The molecule has 1 aromatic heterocycles. The molecule has 0 aliphatic rings. The summed E-state index contributed by atoms with van der Waals surface area (Å²) in [4.78, 5) is 41.1. The predicted octanol–water partition coefficient (Wildman–Crippen LogP) is 7.25. The molecule has 0 saturated heterocycles. The number of nitrogens with zero attached hydrogens (tertiary/aromatic N) is 1. The van der Waals surface area contributed by atoms with Gasteiger partial charge < -0.3 is 45.3 Å². The van der Waals surface area contributed by atoms with E-state index < -0.39 is 35.4 Å². The third-order valence-corrected chi connectivity index (χ3v) is 8.38. The fourth-order valence-electron chi connectivity index (χ4n) is 5.38. The molecule has 53 heavy (non-hydrogen) atoms. The first-order valence-corrected chi connectivity index (χ1v) is 17.8. The first-order valence-electron chi connectivity index (χ1n) is 16.3. The van der Waals surface area contributed by atoms with Gasteiger partial charge in [0.1, 0.15) is 40.6 Å². The highest BCUT2D eigenvalue weighted by molar-refractivity contribution is 7.85. The van der Waals surface area contributed by atoms with E-state index in [2.05, 4.69) is 31.0 Å². The zero-order valence-corrected chi connectivity index (χ0v) is 30.8. The number of urea groups is 1. The van der Waals surface area contributed by atoms with Crippen LogP contribution in [0.15, 0.2) is 85.1 Å². The van der Waals surface area contributed by atoms with Crippen molar-refractivity contribution in [2.24, 2.45) is 0 Å². The van der Waals surface area contributed by atoms with Crippen LogP contribution in [0.25, 0.3) is 10.8 Å². The average Bonchev–Trinajstić information content (AvgIpc) is 3.11. The predicted molar refractivity (Wildman–Crippen MR) is 207 cm³/mol. The van der Waals surface area contributed by atoms with Gasteiger partial charge in [0.15, 0.2) is 5.75 Å². The highest BCUT2D eigenvalue weighted by atomic mass is 32.2. The van der Waals surface area contributed by atoms with E-state index in [1.165, 1.54) is 26.5 Å². The zero-order chi connectivity index (χ0) is 38.3. The van der Waals surface area contributed by atoms with Crippen molar-refractivity contribution in [1.82, 2.24) is 10.3 Å². The van der Waals surface area contributed by atoms with E-state index in [9.17, 15) is 18.6 Å². The number of nitrogens with one attached hydrogen (secondary N) is 5. The van der Waals surface area contributed by atoms with Gasteiger partial charge in [0, 0.05) is 41.0 Å². The molecule has 0 aliphatic carbocycles. The molecular weight excluding hydrogens is 701 g/mol. The maximum absolute atomic E-state index is 13.4. The zero-order valence-electron chi connectivity index (χ0n) is 30.0. The molecule has 0 radical (unpaired) electrons. The molecule has 6 N–H and O–H groups in total. The smallest absolute Gasteiger partial charge is 0.323 e. The minimum Gasteiger partial charge on any atom is -0.496 e. The molecule has 1 unspecified atom stereocenters. The number of methoxy groups -OCH3 is 2. The van der Waals surface area contributed by atoms with Crippen molar-refractivity contribution in [2.75, 3.05) is 47.7 Å². The van der Waals surface area contributed by atoms with Crippen molar-refractivity contribution in [3.63, 3.8) is 0 Å². The lowest BCUT2D eigenvalue weighted by molar-refractivity contribution is -0.135. The summed E-state index contributed by atoms with van der Waals surface area (Å²) >= 11 is 0. The number of rotatable bonds is 13. The lowest BCUT2D eigenvalue weighted by Crippen LogP contribution is -2.29. The van der Waals surface area contributed by atoms with Crippen molar-refractivity contribution < 1.29 is 37.9 Å². The number of carboxylic acid groups (broad SMARTS) is 1. The second-order valence-electron chi connectivity index (χ2n) is 12.7. The third-order valence-electron chi connectivity index (χ3n) is 7.87. The van der Waals surface area contributed by atoms with Crippen LogP contribution in [0.5, 0.6) is 23.0 Å². The molecule has 0 aliphatic heterocycles. The Balaban J connectivity index is 1.35. The van der Waals surface area contributed by atoms with Crippen LogP contribution in [0, 0.1) is 0 Å². The van der Waals surface area contributed by atoms with Crippen LogP contribution in [-0.2, 0) is 21.2 Å². The van der Waals surface area contributed by atoms with Crippen molar-refractivity contribution in [2.45, 2.75) is 26.2 Å². The molecule has 5 aromatic rings. The van der Waals surface area contributed by atoms with E-state index in [0.717, 1.165) is 16.3 Å². The van der Waals surface area contributed by atoms with Gasteiger partial charge in [-0.2, -0.15) is 0 Å². The number of pyridine rings is 1. The van der Waals surface area contributed by atoms with Crippen molar-refractivity contribution in [1.29, 1.82) is 0 Å². The summed E-state index contributed by atoms with van der Waals surface area (Å²) < 4.78 is 32.2. The van der Waals surface area contributed by atoms with Gasteiger partial charge in [0.05, 0.1) is 36.8 Å². The van der Waals surface area contributed by atoms with Crippen molar-refractivity contribution in [3.05, 3.63) is 96.2 Å². The molecule has 0 spiro atoms. The molecular formula is C38H40N6O8S. The Labute approximate surface area is 308 Å². The maximum Gasteiger partial charge on any atom is 0.323 e. The number of amides is 3. The molecule has 15 heteroatoms. The van der Waals surface area contributed by atoms with Crippen LogP contribution in [0.2, 0.25) is 0 Å². The number of benzene rings is 4. The highest BCUT2D eigenvalue weighted by Gasteiger charge is 2.22. The molecule has 4 aromatic carbocycles. The van der Waals surface area contributed by atoms with Crippen LogP contribution in [0.3, 0.4) is 0 Å². The molecule has 14 nitrogen and oxygen atoms in total. The molecule has 0 bridgehead atoms. The topological polar surface area (TPSA) is 189 Å². The standard InChI is InChI=1S/C38H40N6O8S/c1-38(2,3)22-17-29(35(51-5)30(18-22)44-53(6)49)43-37(48)42-28-13-14-31(26-10-8-7-9-25(26)28)52-24-15-16-39-33(20-24)41-23-11-12-27(32(19-23)50-4)36(47)40-21-34(45)46/h7-20,44H,21H2,1-6H3,(H,39,41)(H,40,47)(H,45,46)(H2,42,43,48). The van der Waals surface area contributed by atoms with Gasteiger partial charge in [-0.3, -0.25) is 9.59 Å². The summed E-state index contributed by atoms with van der Waals surface area (Å²) in [6.45, 7) is 5.60. The SMILES string of the molecule is COc1cc(Nc2cc(Oc3ccc(NC(=O)Nc4cc(C(C)(C)C)cc(NS(C)=O)c4OC)c4ccccc34)ccn2)ccc1C(=O)NCC(=O)O. The first-order chi connectivity index (χ1) is 25.2. The largest absolute Gasteiger partial charge is 0.496 e. The second kappa shape index (κ2) is 16.3. The normalized spacial score (nSPS) is 11.6. The number of hydrogen-bond donors (Lipinski definition) is 6. The number of anilines is 5. The average molecular weight is 741 g/mol. The Morgan fingerprint density at radius 3 is 2.23 bits per heavy atom. The van der Waals surface area contributed by atoms with Crippen LogP contribution in [-0.4, -0.2) is 59.2 Å². The first kappa shape index (κ1) is 37.9. The molecule has 1 heterocycles. The summed E-state index contributed by atoms with van der Waals surface area (Å²) in [5, 5.41) is 21.6. The quantitative estimate of drug-likeness (QED) is 0.0717. The Morgan fingerprint density at radius 1 is 0.830 bits per heavy atom. The van der Waals surface area contributed by atoms with Gasteiger partial charge in [-0.05, 0) is 53.4 Å². The Kier molecular flexibility index (Phi) is 11.7. The van der Waals surface area contributed by atoms with E-state index >= 15 is 0 Å². The molecule has 276 valence electrons. The summed E-state index contributed by atoms with van der Waals surface area (Å²) in [6.07, 6.45) is 3.09. The Bertz CT molecular complexity index is 2200. The third kappa shape index (κ3) is 9.51. The van der Waals surface area contributed by atoms with Gasteiger partial charge in [-0.1, -0.05) is 45.0 Å². The Hall–Kier alpha value is -6.35. The molecule has 1 atom stereocenters. The number of fused-ring (bicyclic) bond motifs is 1. The number of hydrogen-bond acceptors (Lipinski definition) is 9. The van der Waals surface area contributed by atoms with E-state index in [1.807, 2.05) is 57.2 Å².